The highest BCUT2D eigenvalue weighted by atomic mass is 15.1. The zero-order chi connectivity index (χ0) is 42.1. The maximum absolute atomic E-state index is 2.53. The standard InChI is InChI=1S/C61H51N/c1-59(2)37-38-60(3,4)58-50(28-18-30-55(58)59)43-31-33-44(34-32-43)52-40-53-51-27-16-17-29-54(51)61(46-21-8-5-9-22-46,47-23-10-6-11-24-47)56(53)41-57(52)62(48-25-12-7-13-26-48)49-36-35-42-19-14-15-20-45(42)39-49/h5-36,39-41H,37-38H2,1-4H3. The first-order chi connectivity index (χ1) is 30.2. The molecule has 0 saturated heterocycles. The maximum atomic E-state index is 2.53. The Balaban J connectivity index is 1.20. The number of fused-ring (bicyclic) bond motifs is 5. The van der Waals surface area contributed by atoms with Gasteiger partial charge >= 0.3 is 0 Å². The number of rotatable bonds is 7. The molecule has 1 heteroatoms. The van der Waals surface area contributed by atoms with E-state index in [1.807, 2.05) is 0 Å². The van der Waals surface area contributed by atoms with Gasteiger partial charge in [0.15, 0.2) is 0 Å². The summed E-state index contributed by atoms with van der Waals surface area (Å²) in [4.78, 5) is 2.48. The molecule has 1 nitrogen and oxygen atoms in total. The normalized spacial score (nSPS) is 15.4. The number of anilines is 3. The number of hydrogen-bond donors (Lipinski definition) is 0. The summed E-state index contributed by atoms with van der Waals surface area (Å²) in [5.41, 5.74) is 18.7. The molecule has 9 aromatic rings. The minimum atomic E-state index is -0.537. The van der Waals surface area contributed by atoms with E-state index in [4.69, 9.17) is 0 Å². The Morgan fingerprint density at radius 1 is 0.355 bits per heavy atom. The van der Waals surface area contributed by atoms with Gasteiger partial charge in [0.05, 0.1) is 11.1 Å². The summed E-state index contributed by atoms with van der Waals surface area (Å²) in [6.45, 7) is 9.70. The molecule has 0 atom stereocenters. The van der Waals surface area contributed by atoms with E-state index in [1.165, 1.54) is 90.4 Å². The molecule has 11 rings (SSSR count). The largest absolute Gasteiger partial charge is 0.310 e. The average Bonchev–Trinajstić information content (AvgIpc) is 3.61. The van der Waals surface area contributed by atoms with Gasteiger partial charge in [-0.25, -0.2) is 0 Å². The Morgan fingerprint density at radius 3 is 1.60 bits per heavy atom. The Kier molecular flexibility index (Phi) is 8.95. The topological polar surface area (TPSA) is 3.24 Å². The predicted octanol–water partition coefficient (Wildman–Crippen LogP) is 16.4. The third kappa shape index (κ3) is 5.98. The van der Waals surface area contributed by atoms with E-state index in [0.29, 0.717) is 0 Å². The van der Waals surface area contributed by atoms with Crippen LogP contribution < -0.4 is 4.90 Å². The maximum Gasteiger partial charge on any atom is 0.0714 e. The fourth-order valence-electron chi connectivity index (χ4n) is 11.0. The van der Waals surface area contributed by atoms with Crippen LogP contribution >= 0.6 is 0 Å². The van der Waals surface area contributed by atoms with Gasteiger partial charge in [0.1, 0.15) is 0 Å². The van der Waals surface area contributed by atoms with Crippen molar-refractivity contribution < 1.29 is 0 Å². The summed E-state index contributed by atoms with van der Waals surface area (Å²) >= 11 is 0. The van der Waals surface area contributed by atoms with Crippen molar-refractivity contribution in [2.24, 2.45) is 0 Å². The molecule has 0 spiro atoms. The molecule has 2 aliphatic rings. The lowest BCUT2D eigenvalue weighted by Crippen LogP contribution is -2.34. The third-order valence-electron chi connectivity index (χ3n) is 14.2. The molecule has 0 unspecified atom stereocenters. The van der Waals surface area contributed by atoms with E-state index in [2.05, 4.69) is 245 Å². The highest BCUT2D eigenvalue weighted by Crippen LogP contribution is 2.59. The molecule has 2 aliphatic carbocycles. The Hall–Kier alpha value is -6.96. The first-order valence-electron chi connectivity index (χ1n) is 22.2. The zero-order valence-electron chi connectivity index (χ0n) is 36.1. The fourth-order valence-corrected chi connectivity index (χ4v) is 11.0. The van der Waals surface area contributed by atoms with Crippen molar-refractivity contribution in [3.8, 4) is 33.4 Å². The molecule has 0 fully saturated rings. The fraction of sp³-hybridized carbons (Fsp3) is 0.148. The molecular formula is C61H51N. The van der Waals surface area contributed by atoms with E-state index in [9.17, 15) is 0 Å². The summed E-state index contributed by atoms with van der Waals surface area (Å²) in [6.07, 6.45) is 2.38. The van der Waals surface area contributed by atoms with Crippen LogP contribution in [-0.2, 0) is 16.2 Å². The highest BCUT2D eigenvalue weighted by molar-refractivity contribution is 5.98. The first kappa shape index (κ1) is 38.0. The summed E-state index contributed by atoms with van der Waals surface area (Å²) in [6, 6.07) is 79.3. The van der Waals surface area contributed by atoms with Gasteiger partial charge in [-0.2, -0.15) is 0 Å². The molecule has 300 valence electrons. The number of hydrogen-bond acceptors (Lipinski definition) is 1. The van der Waals surface area contributed by atoms with Gasteiger partial charge in [-0.3, -0.25) is 0 Å². The smallest absolute Gasteiger partial charge is 0.0714 e. The van der Waals surface area contributed by atoms with Crippen LogP contribution in [0.3, 0.4) is 0 Å². The second-order valence-electron chi connectivity index (χ2n) is 18.7. The SMILES string of the molecule is CC1(C)CCC(C)(C)c2c(-c3ccc(-c4cc5c(cc4N(c4ccccc4)c4ccc6ccccc6c4)C(c4ccccc4)(c4ccccc4)c4ccccc4-5)cc3)cccc21. The van der Waals surface area contributed by atoms with Gasteiger partial charge < -0.3 is 4.90 Å². The van der Waals surface area contributed by atoms with E-state index >= 15 is 0 Å². The average molecular weight is 798 g/mol. The van der Waals surface area contributed by atoms with Crippen LogP contribution in [0.1, 0.15) is 73.9 Å². The summed E-state index contributed by atoms with van der Waals surface area (Å²) < 4.78 is 0. The molecule has 0 amide bonds. The van der Waals surface area contributed by atoms with Crippen LogP contribution in [0.15, 0.2) is 212 Å². The van der Waals surface area contributed by atoms with Gasteiger partial charge in [-0.15, -0.1) is 0 Å². The van der Waals surface area contributed by atoms with Crippen molar-refractivity contribution in [2.75, 3.05) is 4.90 Å². The highest BCUT2D eigenvalue weighted by Gasteiger charge is 2.47. The van der Waals surface area contributed by atoms with Gasteiger partial charge in [0, 0.05) is 16.9 Å². The van der Waals surface area contributed by atoms with Crippen molar-refractivity contribution in [2.45, 2.75) is 56.8 Å². The Bertz CT molecular complexity index is 3060. The van der Waals surface area contributed by atoms with Crippen molar-refractivity contribution in [3.05, 3.63) is 246 Å². The molecule has 0 bridgehead atoms. The van der Waals surface area contributed by atoms with Crippen LogP contribution in [0.4, 0.5) is 17.1 Å². The van der Waals surface area contributed by atoms with Crippen LogP contribution in [0, 0.1) is 0 Å². The summed E-state index contributed by atoms with van der Waals surface area (Å²) in [7, 11) is 0. The summed E-state index contributed by atoms with van der Waals surface area (Å²) in [5, 5.41) is 2.44. The van der Waals surface area contributed by atoms with E-state index in [-0.39, 0.29) is 10.8 Å². The molecule has 0 N–H and O–H groups in total. The summed E-state index contributed by atoms with van der Waals surface area (Å²) in [5.74, 6) is 0. The first-order valence-corrected chi connectivity index (χ1v) is 22.2. The lowest BCUT2D eigenvalue weighted by atomic mass is 9.61. The molecule has 0 heterocycles. The Labute approximate surface area is 367 Å². The third-order valence-corrected chi connectivity index (χ3v) is 14.2. The zero-order valence-corrected chi connectivity index (χ0v) is 36.1. The van der Waals surface area contributed by atoms with E-state index in [1.54, 1.807) is 0 Å². The van der Waals surface area contributed by atoms with Gasteiger partial charge in [0.2, 0.25) is 0 Å². The lowest BCUT2D eigenvalue weighted by Gasteiger charge is -2.43. The number of para-hydroxylation sites is 1. The number of nitrogens with zero attached hydrogens (tertiary/aromatic N) is 1. The van der Waals surface area contributed by atoms with Crippen molar-refractivity contribution >= 4 is 27.8 Å². The monoisotopic (exact) mass is 797 g/mol. The molecule has 0 aromatic heterocycles. The quantitative estimate of drug-likeness (QED) is 0.155. The molecule has 62 heavy (non-hydrogen) atoms. The van der Waals surface area contributed by atoms with Crippen molar-refractivity contribution in [1.29, 1.82) is 0 Å². The van der Waals surface area contributed by atoms with Gasteiger partial charge in [-0.05, 0) is 132 Å². The van der Waals surface area contributed by atoms with Crippen LogP contribution in [0.5, 0.6) is 0 Å². The second-order valence-corrected chi connectivity index (χ2v) is 18.7. The molecule has 0 saturated carbocycles. The van der Waals surface area contributed by atoms with Crippen molar-refractivity contribution in [3.63, 3.8) is 0 Å². The minimum absolute atomic E-state index is 0.0979. The minimum Gasteiger partial charge on any atom is -0.310 e. The van der Waals surface area contributed by atoms with E-state index < -0.39 is 5.41 Å². The molecule has 0 radical (unpaired) electrons. The second kappa shape index (κ2) is 14.6. The lowest BCUT2D eigenvalue weighted by molar-refractivity contribution is 0.333. The van der Waals surface area contributed by atoms with Crippen LogP contribution in [0.25, 0.3) is 44.2 Å². The molecular weight excluding hydrogens is 747 g/mol. The van der Waals surface area contributed by atoms with Crippen LogP contribution in [-0.4, -0.2) is 0 Å². The van der Waals surface area contributed by atoms with Gasteiger partial charge in [-0.1, -0.05) is 204 Å². The number of benzene rings is 9. The molecule has 9 aromatic carbocycles. The molecule has 0 aliphatic heterocycles. The van der Waals surface area contributed by atoms with Crippen molar-refractivity contribution in [1.82, 2.24) is 0 Å². The van der Waals surface area contributed by atoms with Crippen LogP contribution in [0.2, 0.25) is 0 Å². The van der Waals surface area contributed by atoms with Gasteiger partial charge in [0.25, 0.3) is 0 Å². The Morgan fingerprint density at radius 2 is 0.903 bits per heavy atom. The van der Waals surface area contributed by atoms with E-state index in [0.717, 1.165) is 17.1 Å². The predicted molar refractivity (Wildman–Crippen MR) is 262 cm³/mol.